The Morgan fingerprint density at radius 3 is 1.25 bits per heavy atom. The van der Waals surface area contributed by atoms with Gasteiger partial charge in [-0.15, -0.1) is 0 Å². The van der Waals surface area contributed by atoms with E-state index in [-0.39, 0.29) is 27.3 Å². The van der Waals surface area contributed by atoms with Crippen LogP contribution < -0.4 is 0 Å². The van der Waals surface area contributed by atoms with Gasteiger partial charge >= 0.3 is 0 Å². The van der Waals surface area contributed by atoms with Crippen molar-refractivity contribution >= 4 is 0 Å². The van der Waals surface area contributed by atoms with Gasteiger partial charge in [0.2, 0.25) is 0 Å². The fourth-order valence-electron chi connectivity index (χ4n) is 0. The van der Waals surface area contributed by atoms with Crippen molar-refractivity contribution in [3.8, 4) is 0 Å². The van der Waals surface area contributed by atoms with Gasteiger partial charge in [-0.3, -0.25) is 0 Å². The van der Waals surface area contributed by atoms with Crippen molar-refractivity contribution in [2.24, 2.45) is 0 Å². The second kappa shape index (κ2) is 9.22. The van der Waals surface area contributed by atoms with E-state index in [1.165, 1.54) is 0 Å². The molecular formula is CHCdF2-. The Kier molecular flexibility index (Phi) is 20.4. The van der Waals surface area contributed by atoms with Crippen LogP contribution in [0, 0.1) is 6.93 Å². The Morgan fingerprint density at radius 1 is 1.25 bits per heavy atom. The molecule has 3 heteroatoms. The average Bonchev–Trinajstić information content (AvgIpc) is 0.918. The zero-order valence-corrected chi connectivity index (χ0v) is 6.08. The fourth-order valence-corrected chi connectivity index (χ4v) is 0. The van der Waals surface area contributed by atoms with Gasteiger partial charge in [-0.25, -0.2) is 0 Å². The molecule has 0 fully saturated rings. The summed E-state index contributed by atoms with van der Waals surface area (Å²) in [6.07, 6.45) is 0. The van der Waals surface area contributed by atoms with Crippen molar-refractivity contribution in [2.75, 3.05) is 0 Å². The Hall–Kier alpha value is 0.782. The molecule has 0 saturated heterocycles. The van der Waals surface area contributed by atoms with E-state index < -0.39 is 6.93 Å². The van der Waals surface area contributed by atoms with Gasteiger partial charge in [-0.2, -0.15) is 0 Å². The van der Waals surface area contributed by atoms with Gasteiger partial charge in [0.1, 0.15) is 0 Å². The molecule has 0 radical (unpaired) electrons. The van der Waals surface area contributed by atoms with Crippen molar-refractivity contribution in [3.05, 3.63) is 6.93 Å². The van der Waals surface area contributed by atoms with Crippen molar-refractivity contribution in [3.63, 3.8) is 0 Å². The van der Waals surface area contributed by atoms with Gasteiger partial charge in [-0.1, -0.05) is 0 Å². The zero-order chi connectivity index (χ0) is 2.71. The first-order chi connectivity index (χ1) is 1.41. The van der Waals surface area contributed by atoms with E-state index >= 15 is 0 Å². The largest absolute Gasteiger partial charge is 0.425 e. The Bertz CT molecular complexity index is 6.00. The summed E-state index contributed by atoms with van der Waals surface area (Å²) < 4.78 is 19.0. The van der Waals surface area contributed by atoms with E-state index in [9.17, 15) is 8.78 Å². The maximum absolute atomic E-state index is 9.50. The van der Waals surface area contributed by atoms with E-state index in [1.54, 1.807) is 0 Å². The standard InChI is InChI=1S/CHF2.Cd/c2-1-3;/h1H;/q-1;. The van der Waals surface area contributed by atoms with Gasteiger partial charge in [0.25, 0.3) is 0 Å². The van der Waals surface area contributed by atoms with Crippen molar-refractivity contribution < 1.29 is 36.1 Å². The number of hydrogen-bond donors (Lipinski definition) is 0. The van der Waals surface area contributed by atoms with Gasteiger partial charge in [0.15, 0.2) is 0 Å². The monoisotopic (exact) mass is 165 g/mol. The van der Waals surface area contributed by atoms with E-state index in [2.05, 4.69) is 0 Å². The SMILES string of the molecule is F[CH-]F.[Cd]. The molecule has 0 aromatic carbocycles. The second-order valence-corrected chi connectivity index (χ2v) is 0.0825. The molecule has 0 unspecified atom stereocenters. The third kappa shape index (κ3) is 14.4. The molecule has 0 aromatic heterocycles. The van der Waals surface area contributed by atoms with Gasteiger partial charge in [0, 0.05) is 27.3 Å². The van der Waals surface area contributed by atoms with E-state index in [4.69, 9.17) is 0 Å². The third-order valence-electron chi connectivity index (χ3n) is 0. The Balaban J connectivity index is 0. The normalized spacial score (nSPS) is 4.50. The van der Waals surface area contributed by atoms with Gasteiger partial charge < -0.3 is 8.78 Å². The number of rotatable bonds is 0. The maximum atomic E-state index is 9.50. The van der Waals surface area contributed by atoms with Crippen molar-refractivity contribution in [2.45, 2.75) is 0 Å². The molecule has 0 saturated carbocycles. The summed E-state index contributed by atoms with van der Waals surface area (Å²) in [6, 6.07) is 0. The van der Waals surface area contributed by atoms with E-state index in [0.717, 1.165) is 0 Å². The fraction of sp³-hybridized carbons (Fsp3) is 0. The zero-order valence-electron chi connectivity index (χ0n) is 2.04. The summed E-state index contributed by atoms with van der Waals surface area (Å²) in [5, 5.41) is 0. The smallest absolute Gasteiger partial charge is 0 e. The van der Waals surface area contributed by atoms with Gasteiger partial charge in [0.05, 0.1) is 0 Å². The molecule has 0 atom stereocenters. The van der Waals surface area contributed by atoms with Crippen LogP contribution in [-0.2, 0) is 27.3 Å². The molecule has 0 spiro atoms. The molecule has 22 valence electrons. The molecular weight excluding hydrogens is 162 g/mol. The first kappa shape index (κ1) is 8.84. The maximum Gasteiger partial charge on any atom is 0 e. The molecule has 0 heterocycles. The van der Waals surface area contributed by atoms with Crippen LogP contribution in [0.4, 0.5) is 8.78 Å². The average molecular weight is 163 g/mol. The molecule has 4 heavy (non-hydrogen) atoms. The molecule has 0 nitrogen and oxygen atoms in total. The third-order valence-corrected chi connectivity index (χ3v) is 0. The van der Waals surface area contributed by atoms with Crippen molar-refractivity contribution in [1.82, 2.24) is 0 Å². The van der Waals surface area contributed by atoms with Crippen LogP contribution in [0.15, 0.2) is 0 Å². The summed E-state index contributed by atoms with van der Waals surface area (Å²) in [6.45, 7) is -1.00. The summed E-state index contributed by atoms with van der Waals surface area (Å²) in [4.78, 5) is 0. The second-order valence-electron chi connectivity index (χ2n) is 0.0825. The molecule has 0 aliphatic heterocycles. The van der Waals surface area contributed by atoms with E-state index in [1.807, 2.05) is 0 Å². The molecule has 0 bridgehead atoms. The minimum absolute atomic E-state index is 0. The summed E-state index contributed by atoms with van der Waals surface area (Å²) in [5.41, 5.74) is 0. The first-order valence-electron chi connectivity index (χ1n) is 0.436. The topological polar surface area (TPSA) is 0 Å². The molecule has 0 amide bonds. The van der Waals surface area contributed by atoms with Crippen LogP contribution in [0.2, 0.25) is 0 Å². The quantitative estimate of drug-likeness (QED) is 0.370. The van der Waals surface area contributed by atoms with Crippen LogP contribution in [0.1, 0.15) is 0 Å². The summed E-state index contributed by atoms with van der Waals surface area (Å²) in [7, 11) is 0. The predicted octanol–water partition coefficient (Wildman–Crippen LogP) is 1.04. The molecule has 0 aromatic rings. The summed E-state index contributed by atoms with van der Waals surface area (Å²) >= 11 is 0. The minimum atomic E-state index is -1.00. The van der Waals surface area contributed by atoms with Crippen LogP contribution >= 0.6 is 0 Å². The Labute approximate surface area is 43.4 Å². The number of hydrogen-bond acceptors (Lipinski definition) is 0. The number of halogens is 2. The predicted molar refractivity (Wildman–Crippen MR) is 6.52 cm³/mol. The van der Waals surface area contributed by atoms with E-state index in [0.29, 0.717) is 0 Å². The van der Waals surface area contributed by atoms with Crippen molar-refractivity contribution in [1.29, 1.82) is 0 Å². The van der Waals surface area contributed by atoms with Gasteiger partial charge in [-0.05, 0) is 6.93 Å². The molecule has 0 aliphatic carbocycles. The minimum Gasteiger partial charge on any atom is -0.425 e. The molecule has 0 aliphatic rings. The molecule has 0 N–H and O–H groups in total. The van der Waals surface area contributed by atoms with Crippen LogP contribution in [0.3, 0.4) is 0 Å². The van der Waals surface area contributed by atoms with Crippen LogP contribution in [-0.4, -0.2) is 0 Å². The van der Waals surface area contributed by atoms with Crippen LogP contribution in [0.25, 0.3) is 0 Å². The Morgan fingerprint density at radius 2 is 1.25 bits per heavy atom. The first-order valence-corrected chi connectivity index (χ1v) is 0.436. The molecule has 0 rings (SSSR count). The summed E-state index contributed by atoms with van der Waals surface area (Å²) in [5.74, 6) is 0. The van der Waals surface area contributed by atoms with Crippen LogP contribution in [0.5, 0.6) is 0 Å².